The van der Waals surface area contributed by atoms with Gasteiger partial charge in [-0.1, -0.05) is 30.0 Å². The lowest BCUT2D eigenvalue weighted by molar-refractivity contribution is 0.252. The van der Waals surface area contributed by atoms with Crippen molar-refractivity contribution in [1.82, 2.24) is 4.90 Å². The minimum atomic E-state index is -0.130. The van der Waals surface area contributed by atoms with Crippen molar-refractivity contribution in [2.24, 2.45) is 0 Å². The maximum atomic E-state index is 8.74. The molecule has 0 bridgehead atoms. The molecule has 3 heteroatoms. The topological polar surface area (TPSA) is 47.3 Å². The third kappa shape index (κ3) is 4.22. The summed E-state index contributed by atoms with van der Waals surface area (Å²) in [7, 11) is 2.00. The largest absolute Gasteiger partial charge is 0.384 e. The molecular formula is C15H18N2O. The van der Waals surface area contributed by atoms with Gasteiger partial charge in [-0.2, -0.15) is 5.26 Å². The summed E-state index contributed by atoms with van der Waals surface area (Å²) in [5.74, 6) is 5.61. The van der Waals surface area contributed by atoms with E-state index in [1.54, 1.807) is 0 Å². The number of aliphatic hydroxyl groups excluding tert-OH is 1. The van der Waals surface area contributed by atoms with E-state index in [1.807, 2.05) is 38.2 Å². The van der Waals surface area contributed by atoms with Crippen LogP contribution in [0.2, 0.25) is 0 Å². The van der Waals surface area contributed by atoms with Crippen molar-refractivity contribution in [2.75, 3.05) is 13.7 Å². The molecule has 3 nitrogen and oxygen atoms in total. The van der Waals surface area contributed by atoms with Crippen LogP contribution in [0.25, 0.3) is 0 Å². The molecule has 0 aliphatic heterocycles. The first-order valence-electron chi connectivity index (χ1n) is 5.94. The van der Waals surface area contributed by atoms with Gasteiger partial charge in [0.15, 0.2) is 0 Å². The van der Waals surface area contributed by atoms with E-state index in [2.05, 4.69) is 22.8 Å². The molecule has 1 unspecified atom stereocenters. The molecule has 1 aromatic rings. The molecule has 0 amide bonds. The van der Waals surface area contributed by atoms with Crippen LogP contribution in [0.4, 0.5) is 0 Å². The van der Waals surface area contributed by atoms with E-state index in [0.717, 1.165) is 17.7 Å². The number of hydrogen-bond donors (Lipinski definition) is 1. The Kier molecular flexibility index (Phi) is 5.94. The van der Waals surface area contributed by atoms with Gasteiger partial charge in [0.1, 0.15) is 6.61 Å². The summed E-state index contributed by atoms with van der Waals surface area (Å²) in [6, 6.07) is 10.3. The second-order valence-corrected chi connectivity index (χ2v) is 4.24. The van der Waals surface area contributed by atoms with Crippen molar-refractivity contribution in [3.63, 3.8) is 0 Å². The summed E-state index contributed by atoms with van der Waals surface area (Å²) in [5, 5.41) is 17.4. The Balaban J connectivity index is 2.81. The van der Waals surface area contributed by atoms with Gasteiger partial charge in [0.25, 0.3) is 0 Å². The first kappa shape index (κ1) is 14.3. The minimum absolute atomic E-state index is 0.130. The molecule has 0 fully saturated rings. The Bertz CT molecular complexity index is 479. The van der Waals surface area contributed by atoms with Crippen LogP contribution in [0.15, 0.2) is 24.3 Å². The fourth-order valence-corrected chi connectivity index (χ4v) is 1.63. The third-order valence-corrected chi connectivity index (χ3v) is 2.88. The maximum Gasteiger partial charge on any atom is 0.104 e. The van der Waals surface area contributed by atoms with Gasteiger partial charge in [0, 0.05) is 18.2 Å². The number of hydrogen-bond acceptors (Lipinski definition) is 3. The molecule has 0 heterocycles. The van der Waals surface area contributed by atoms with Crippen LogP contribution in [0.1, 0.15) is 24.5 Å². The molecule has 18 heavy (non-hydrogen) atoms. The zero-order valence-electron chi connectivity index (χ0n) is 10.8. The van der Waals surface area contributed by atoms with Crippen molar-refractivity contribution < 1.29 is 5.11 Å². The van der Waals surface area contributed by atoms with Crippen molar-refractivity contribution in [1.29, 1.82) is 5.26 Å². The molecule has 0 aliphatic carbocycles. The van der Waals surface area contributed by atoms with Crippen molar-refractivity contribution in [3.05, 3.63) is 35.4 Å². The lowest BCUT2D eigenvalue weighted by Crippen LogP contribution is -2.28. The minimum Gasteiger partial charge on any atom is -0.384 e. The van der Waals surface area contributed by atoms with Gasteiger partial charge in [-0.3, -0.25) is 4.90 Å². The smallest absolute Gasteiger partial charge is 0.104 e. The van der Waals surface area contributed by atoms with Crippen LogP contribution in [0.5, 0.6) is 0 Å². The van der Waals surface area contributed by atoms with E-state index in [0.29, 0.717) is 6.42 Å². The van der Waals surface area contributed by atoms with Gasteiger partial charge in [-0.05, 0) is 25.6 Å². The van der Waals surface area contributed by atoms with E-state index in [9.17, 15) is 0 Å². The Morgan fingerprint density at radius 2 is 2.11 bits per heavy atom. The molecule has 0 saturated carbocycles. The van der Waals surface area contributed by atoms with Gasteiger partial charge in [-0.25, -0.2) is 0 Å². The van der Waals surface area contributed by atoms with Crippen LogP contribution in [0.3, 0.4) is 0 Å². The van der Waals surface area contributed by atoms with E-state index >= 15 is 0 Å². The number of benzene rings is 1. The molecule has 1 N–H and O–H groups in total. The average molecular weight is 242 g/mol. The zero-order chi connectivity index (χ0) is 13.4. The van der Waals surface area contributed by atoms with Crippen LogP contribution < -0.4 is 0 Å². The van der Waals surface area contributed by atoms with Crippen molar-refractivity contribution in [2.45, 2.75) is 25.9 Å². The van der Waals surface area contributed by atoms with Crippen LogP contribution >= 0.6 is 0 Å². The standard InChI is InChI=1S/C15H18N2O/c1-13(9-10-16)17(2)12-15-7-4-3-6-14(15)8-5-11-18/h3-4,6-7,13,18H,9,11-12H2,1-2H3. The van der Waals surface area contributed by atoms with Crippen LogP contribution in [0, 0.1) is 23.2 Å². The first-order chi connectivity index (χ1) is 8.69. The first-order valence-corrected chi connectivity index (χ1v) is 5.94. The Morgan fingerprint density at radius 3 is 2.78 bits per heavy atom. The fraction of sp³-hybridized carbons (Fsp3) is 0.400. The van der Waals surface area contributed by atoms with Crippen LogP contribution in [-0.4, -0.2) is 29.7 Å². The van der Waals surface area contributed by atoms with Crippen molar-refractivity contribution in [3.8, 4) is 17.9 Å². The lowest BCUT2D eigenvalue weighted by Gasteiger charge is -2.23. The SMILES string of the molecule is CC(CC#N)N(C)Cc1ccccc1C#CCO. The Labute approximate surface area is 109 Å². The van der Waals surface area contributed by atoms with E-state index in [-0.39, 0.29) is 12.6 Å². The Morgan fingerprint density at radius 1 is 1.39 bits per heavy atom. The summed E-state index contributed by atoms with van der Waals surface area (Å²) in [6.45, 7) is 2.65. The van der Waals surface area contributed by atoms with Crippen LogP contribution in [-0.2, 0) is 6.54 Å². The van der Waals surface area contributed by atoms with E-state index < -0.39 is 0 Å². The predicted molar refractivity (Wildman–Crippen MR) is 71.6 cm³/mol. The predicted octanol–water partition coefficient (Wildman–Crippen LogP) is 1.76. The number of nitriles is 1. The summed E-state index contributed by atoms with van der Waals surface area (Å²) in [4.78, 5) is 2.13. The number of aliphatic hydroxyl groups is 1. The van der Waals surface area contributed by atoms with Gasteiger partial charge in [0.05, 0.1) is 12.5 Å². The average Bonchev–Trinajstić information content (AvgIpc) is 2.38. The summed E-state index contributed by atoms with van der Waals surface area (Å²) in [5.41, 5.74) is 2.05. The maximum absolute atomic E-state index is 8.74. The molecule has 0 saturated heterocycles. The second kappa shape index (κ2) is 7.50. The summed E-state index contributed by atoms with van der Waals surface area (Å²) >= 11 is 0. The highest BCUT2D eigenvalue weighted by Crippen LogP contribution is 2.12. The highest BCUT2D eigenvalue weighted by atomic mass is 16.2. The molecular weight excluding hydrogens is 224 g/mol. The molecule has 1 rings (SSSR count). The molecule has 0 aromatic heterocycles. The number of nitrogens with zero attached hydrogens (tertiary/aromatic N) is 2. The molecule has 1 aromatic carbocycles. The zero-order valence-corrected chi connectivity index (χ0v) is 10.8. The molecule has 0 aliphatic rings. The molecule has 0 spiro atoms. The molecule has 1 atom stereocenters. The van der Waals surface area contributed by atoms with Gasteiger partial charge >= 0.3 is 0 Å². The molecule has 94 valence electrons. The number of rotatable bonds is 4. The van der Waals surface area contributed by atoms with E-state index in [1.165, 1.54) is 0 Å². The van der Waals surface area contributed by atoms with Gasteiger partial charge in [-0.15, -0.1) is 0 Å². The second-order valence-electron chi connectivity index (χ2n) is 4.24. The Hall–Kier alpha value is -1.81. The quantitative estimate of drug-likeness (QED) is 0.818. The van der Waals surface area contributed by atoms with Crippen molar-refractivity contribution >= 4 is 0 Å². The normalized spacial score (nSPS) is 11.5. The highest BCUT2D eigenvalue weighted by molar-refractivity contribution is 5.41. The van der Waals surface area contributed by atoms with Gasteiger partial charge < -0.3 is 5.11 Å². The molecule has 0 radical (unpaired) electrons. The highest BCUT2D eigenvalue weighted by Gasteiger charge is 2.10. The summed E-state index contributed by atoms with van der Waals surface area (Å²) in [6.07, 6.45) is 0.515. The summed E-state index contributed by atoms with van der Waals surface area (Å²) < 4.78 is 0. The lowest BCUT2D eigenvalue weighted by atomic mass is 10.1. The van der Waals surface area contributed by atoms with Gasteiger partial charge in [0.2, 0.25) is 0 Å². The fourth-order valence-electron chi connectivity index (χ4n) is 1.63. The monoisotopic (exact) mass is 242 g/mol. The third-order valence-electron chi connectivity index (χ3n) is 2.88. The van der Waals surface area contributed by atoms with E-state index in [4.69, 9.17) is 10.4 Å².